The Bertz CT molecular complexity index is 694. The highest BCUT2D eigenvalue weighted by molar-refractivity contribution is 5.79. The molecule has 27 heavy (non-hydrogen) atoms. The number of aromatic nitrogens is 2. The summed E-state index contributed by atoms with van der Waals surface area (Å²) in [6.45, 7) is 4.77. The zero-order valence-electron chi connectivity index (χ0n) is 16.5. The molecule has 3 N–H and O–H groups in total. The zero-order chi connectivity index (χ0) is 19.0. The summed E-state index contributed by atoms with van der Waals surface area (Å²) in [7, 11) is 0. The predicted octanol–water partition coefficient (Wildman–Crippen LogP) is 2.76. The van der Waals surface area contributed by atoms with Crippen molar-refractivity contribution >= 4 is 11.6 Å². The number of hydrogen-bond acceptors (Lipinski definition) is 3. The van der Waals surface area contributed by atoms with Crippen molar-refractivity contribution < 1.29 is 5.11 Å². The van der Waals surface area contributed by atoms with Crippen molar-refractivity contribution in [1.82, 2.24) is 20.0 Å². The average Bonchev–Trinajstić information content (AvgIpc) is 3.10. The van der Waals surface area contributed by atoms with Gasteiger partial charge in [-0.3, -0.25) is 4.99 Å². The van der Waals surface area contributed by atoms with Gasteiger partial charge in [0.25, 0.3) is 0 Å². The topological polar surface area (TPSA) is 74.0 Å². The number of aliphatic hydroxyl groups is 1. The number of hydrogen-bond donors (Lipinski definition) is 3. The highest BCUT2D eigenvalue weighted by atomic mass is 16.3. The fourth-order valence-electron chi connectivity index (χ4n) is 4.03. The molecule has 1 saturated carbocycles. The molecule has 0 unspecified atom stereocenters. The molecule has 0 aliphatic heterocycles. The fourth-order valence-corrected chi connectivity index (χ4v) is 4.03. The standard InChI is InChI=1S/C21H33N5O/c1-2-22-20(24-17-21(12-15-27)10-5-3-6-11-21)23-13-9-18-16-26-14-7-4-8-19(26)25-18/h4,7-8,14,16,27H,2-3,5-6,9-13,15,17H2,1H3,(H2,22,23,24). The van der Waals surface area contributed by atoms with Gasteiger partial charge in [-0.05, 0) is 43.7 Å². The van der Waals surface area contributed by atoms with E-state index in [1.807, 2.05) is 24.4 Å². The van der Waals surface area contributed by atoms with Gasteiger partial charge in [0.05, 0.1) is 5.69 Å². The average molecular weight is 372 g/mol. The lowest BCUT2D eigenvalue weighted by molar-refractivity contribution is 0.137. The number of nitrogens with one attached hydrogen (secondary N) is 2. The van der Waals surface area contributed by atoms with E-state index in [1.165, 1.54) is 32.1 Å². The van der Waals surface area contributed by atoms with Crippen LogP contribution >= 0.6 is 0 Å². The number of nitrogens with zero attached hydrogens (tertiary/aromatic N) is 3. The van der Waals surface area contributed by atoms with Crippen LogP contribution in [-0.2, 0) is 6.42 Å². The minimum absolute atomic E-state index is 0.178. The molecule has 0 saturated heterocycles. The molecule has 0 amide bonds. The first-order chi connectivity index (χ1) is 13.2. The van der Waals surface area contributed by atoms with E-state index < -0.39 is 0 Å². The van der Waals surface area contributed by atoms with E-state index in [-0.39, 0.29) is 12.0 Å². The van der Waals surface area contributed by atoms with Gasteiger partial charge in [0.1, 0.15) is 5.65 Å². The first kappa shape index (κ1) is 19.7. The van der Waals surface area contributed by atoms with E-state index in [1.54, 1.807) is 0 Å². The van der Waals surface area contributed by atoms with Crippen LogP contribution < -0.4 is 10.6 Å². The summed E-state index contributed by atoms with van der Waals surface area (Å²) < 4.78 is 2.05. The van der Waals surface area contributed by atoms with E-state index in [9.17, 15) is 5.11 Å². The smallest absolute Gasteiger partial charge is 0.191 e. The second-order valence-electron chi connectivity index (χ2n) is 7.60. The molecule has 0 spiro atoms. The van der Waals surface area contributed by atoms with Crippen molar-refractivity contribution in [3.05, 3.63) is 36.3 Å². The minimum Gasteiger partial charge on any atom is -0.396 e. The number of imidazole rings is 1. The normalized spacial score (nSPS) is 17.2. The van der Waals surface area contributed by atoms with Crippen LogP contribution in [0, 0.1) is 5.41 Å². The van der Waals surface area contributed by atoms with Crippen molar-refractivity contribution in [3.63, 3.8) is 0 Å². The number of aliphatic hydroxyl groups excluding tert-OH is 1. The molecular weight excluding hydrogens is 338 g/mol. The lowest BCUT2D eigenvalue weighted by Gasteiger charge is -2.35. The molecule has 1 aliphatic rings. The lowest BCUT2D eigenvalue weighted by Crippen LogP contribution is -2.40. The molecule has 2 heterocycles. The third-order valence-corrected chi connectivity index (χ3v) is 5.56. The molecule has 148 valence electrons. The molecule has 3 rings (SSSR count). The van der Waals surface area contributed by atoms with Gasteiger partial charge in [-0.1, -0.05) is 25.3 Å². The van der Waals surface area contributed by atoms with Gasteiger partial charge in [0, 0.05) is 45.1 Å². The van der Waals surface area contributed by atoms with Gasteiger partial charge < -0.3 is 20.1 Å². The molecule has 0 atom stereocenters. The summed E-state index contributed by atoms with van der Waals surface area (Å²) in [4.78, 5) is 9.50. The zero-order valence-corrected chi connectivity index (χ0v) is 16.5. The van der Waals surface area contributed by atoms with E-state index in [4.69, 9.17) is 4.99 Å². The SMILES string of the molecule is CCNC(=NCC1(CCO)CCCCC1)NCCc1cn2ccccc2n1. The largest absolute Gasteiger partial charge is 0.396 e. The van der Waals surface area contributed by atoms with E-state index in [0.29, 0.717) is 0 Å². The summed E-state index contributed by atoms with van der Waals surface area (Å²) in [6.07, 6.45) is 12.0. The Kier molecular flexibility index (Phi) is 7.10. The van der Waals surface area contributed by atoms with Crippen LogP contribution in [0.4, 0.5) is 0 Å². The van der Waals surface area contributed by atoms with Gasteiger partial charge in [-0.25, -0.2) is 4.98 Å². The molecule has 6 heteroatoms. The summed E-state index contributed by atoms with van der Waals surface area (Å²) in [5.41, 5.74) is 2.24. The Morgan fingerprint density at radius 2 is 2.11 bits per heavy atom. The number of guanidine groups is 1. The Morgan fingerprint density at radius 3 is 2.85 bits per heavy atom. The summed E-state index contributed by atoms with van der Waals surface area (Å²) in [6, 6.07) is 6.04. The van der Waals surface area contributed by atoms with Crippen LogP contribution in [0.1, 0.15) is 51.1 Å². The Morgan fingerprint density at radius 1 is 1.26 bits per heavy atom. The quantitative estimate of drug-likeness (QED) is 0.493. The highest BCUT2D eigenvalue weighted by Gasteiger charge is 2.31. The third kappa shape index (κ3) is 5.45. The van der Waals surface area contributed by atoms with Crippen molar-refractivity contribution in [2.75, 3.05) is 26.2 Å². The Balaban J connectivity index is 1.56. The van der Waals surface area contributed by atoms with E-state index >= 15 is 0 Å². The Hall–Kier alpha value is -2.08. The Labute approximate surface area is 162 Å². The molecule has 2 aromatic rings. The summed E-state index contributed by atoms with van der Waals surface area (Å²) >= 11 is 0. The first-order valence-corrected chi connectivity index (χ1v) is 10.3. The van der Waals surface area contributed by atoms with Crippen LogP contribution in [-0.4, -0.2) is 46.7 Å². The third-order valence-electron chi connectivity index (χ3n) is 5.56. The number of fused-ring (bicyclic) bond motifs is 1. The van der Waals surface area contributed by atoms with Crippen LogP contribution in [0.5, 0.6) is 0 Å². The first-order valence-electron chi connectivity index (χ1n) is 10.3. The van der Waals surface area contributed by atoms with Crippen LogP contribution in [0.15, 0.2) is 35.6 Å². The summed E-state index contributed by atoms with van der Waals surface area (Å²) in [5.74, 6) is 0.865. The van der Waals surface area contributed by atoms with Crippen molar-refractivity contribution in [2.24, 2.45) is 10.4 Å². The highest BCUT2D eigenvalue weighted by Crippen LogP contribution is 2.39. The fraction of sp³-hybridized carbons (Fsp3) is 0.619. The number of rotatable bonds is 8. The second-order valence-corrected chi connectivity index (χ2v) is 7.60. The van der Waals surface area contributed by atoms with Gasteiger partial charge in [0.15, 0.2) is 5.96 Å². The van der Waals surface area contributed by atoms with E-state index in [2.05, 4.69) is 33.1 Å². The molecule has 0 radical (unpaired) electrons. The maximum atomic E-state index is 9.49. The van der Waals surface area contributed by atoms with Gasteiger partial charge in [0.2, 0.25) is 0 Å². The van der Waals surface area contributed by atoms with Gasteiger partial charge in [-0.15, -0.1) is 0 Å². The van der Waals surface area contributed by atoms with Crippen molar-refractivity contribution in [3.8, 4) is 0 Å². The van der Waals surface area contributed by atoms with Crippen LogP contribution in [0.25, 0.3) is 5.65 Å². The molecule has 1 fully saturated rings. The molecule has 2 aromatic heterocycles. The van der Waals surface area contributed by atoms with Gasteiger partial charge in [-0.2, -0.15) is 0 Å². The monoisotopic (exact) mass is 371 g/mol. The van der Waals surface area contributed by atoms with Crippen LogP contribution in [0.2, 0.25) is 0 Å². The second kappa shape index (κ2) is 9.74. The summed E-state index contributed by atoms with van der Waals surface area (Å²) in [5, 5.41) is 16.3. The minimum atomic E-state index is 0.178. The molecule has 0 aromatic carbocycles. The molecule has 1 aliphatic carbocycles. The predicted molar refractivity (Wildman–Crippen MR) is 110 cm³/mol. The maximum Gasteiger partial charge on any atom is 0.191 e. The maximum absolute atomic E-state index is 9.49. The molecule has 0 bridgehead atoms. The molecule has 6 nitrogen and oxygen atoms in total. The lowest BCUT2D eigenvalue weighted by atomic mass is 9.72. The molecular formula is C21H33N5O. The van der Waals surface area contributed by atoms with Gasteiger partial charge >= 0.3 is 0 Å². The van der Waals surface area contributed by atoms with E-state index in [0.717, 1.165) is 49.8 Å². The number of pyridine rings is 1. The number of aliphatic imine (C=N–C) groups is 1. The van der Waals surface area contributed by atoms with Crippen LogP contribution in [0.3, 0.4) is 0 Å². The van der Waals surface area contributed by atoms with Crippen molar-refractivity contribution in [1.29, 1.82) is 0 Å². The van der Waals surface area contributed by atoms with Crippen molar-refractivity contribution in [2.45, 2.75) is 51.9 Å².